The van der Waals surface area contributed by atoms with E-state index in [4.69, 9.17) is 9.84 Å². The van der Waals surface area contributed by atoms with E-state index in [2.05, 4.69) is 20.7 Å². The number of carbonyl (C=O) groups excluding carboxylic acids is 1. The Bertz CT molecular complexity index is 1530. The van der Waals surface area contributed by atoms with E-state index in [-0.39, 0.29) is 18.3 Å². The van der Waals surface area contributed by atoms with E-state index in [1.807, 2.05) is 54.7 Å². The van der Waals surface area contributed by atoms with Crippen LogP contribution in [0.15, 0.2) is 83.5 Å². The first kappa shape index (κ1) is 27.2. The van der Waals surface area contributed by atoms with Crippen molar-refractivity contribution < 1.29 is 22.3 Å². The van der Waals surface area contributed by atoms with Crippen LogP contribution in [-0.2, 0) is 33.4 Å². The molecule has 1 aromatic heterocycles. The summed E-state index contributed by atoms with van der Waals surface area (Å²) in [6, 6.07) is 21.3. The molecule has 202 valence electrons. The molecule has 0 spiro atoms. The lowest BCUT2D eigenvalue weighted by Gasteiger charge is -2.23. The molecule has 4 aromatic rings. The summed E-state index contributed by atoms with van der Waals surface area (Å²) < 4.78 is 46.5. The van der Waals surface area contributed by atoms with Gasteiger partial charge < -0.3 is 9.64 Å². The van der Waals surface area contributed by atoms with Crippen LogP contribution in [0.3, 0.4) is 0 Å². The van der Waals surface area contributed by atoms with Gasteiger partial charge in [-0.2, -0.15) is 5.10 Å². The van der Waals surface area contributed by atoms with Gasteiger partial charge in [-0.3, -0.25) is 4.79 Å². The number of thiol groups is 1. The molecule has 39 heavy (non-hydrogen) atoms. The number of ether oxygens (including phenoxy) is 1. The third-order valence-corrected chi connectivity index (χ3v) is 7.49. The van der Waals surface area contributed by atoms with Crippen LogP contribution in [0.2, 0.25) is 0 Å². The van der Waals surface area contributed by atoms with Crippen molar-refractivity contribution in [3.63, 3.8) is 0 Å². The monoisotopic (exact) mass is 612 g/mol. The number of halogens is 2. The molecule has 11 heteroatoms. The molecule has 2 atom stereocenters. The van der Waals surface area contributed by atoms with Crippen LogP contribution in [-0.4, -0.2) is 41.7 Å². The number of nitrogens with zero attached hydrogens (tertiary/aromatic N) is 3. The smallest absolute Gasteiger partial charge is 0.253 e. The molecular weight excluding hydrogens is 587 g/mol. The number of aromatic nitrogens is 2. The third-order valence-electron chi connectivity index (χ3n) is 6.54. The highest BCUT2D eigenvalue weighted by Crippen LogP contribution is 2.37. The molecule has 0 bridgehead atoms. The molecular formula is C28H26BrFN4O4S. The van der Waals surface area contributed by atoms with E-state index in [1.54, 1.807) is 28.6 Å². The van der Waals surface area contributed by atoms with E-state index >= 15 is 0 Å². The normalized spacial score (nSPS) is 17.3. The van der Waals surface area contributed by atoms with Gasteiger partial charge in [0.1, 0.15) is 17.6 Å². The maximum Gasteiger partial charge on any atom is 0.253 e. The Kier molecular flexibility index (Phi) is 8.22. The summed E-state index contributed by atoms with van der Waals surface area (Å²) in [7, 11) is -2.65. The molecule has 8 nitrogen and oxygen atoms in total. The first-order chi connectivity index (χ1) is 18.8. The van der Waals surface area contributed by atoms with Crippen molar-refractivity contribution in [2.24, 2.45) is 0 Å². The van der Waals surface area contributed by atoms with Gasteiger partial charge in [0, 0.05) is 34.9 Å². The van der Waals surface area contributed by atoms with Gasteiger partial charge in [-0.05, 0) is 73.0 Å². The Morgan fingerprint density at radius 3 is 2.33 bits per heavy atom. The number of carbonyl (C=O) groups is 1. The molecule has 0 saturated carbocycles. The van der Waals surface area contributed by atoms with Gasteiger partial charge in [0.05, 0.1) is 5.69 Å². The second kappa shape index (κ2) is 11.8. The van der Waals surface area contributed by atoms with Crippen LogP contribution in [0.25, 0.3) is 16.9 Å². The first-order valence-electron chi connectivity index (χ1n) is 12.3. The van der Waals surface area contributed by atoms with E-state index in [0.717, 1.165) is 21.3 Å². The van der Waals surface area contributed by atoms with Crippen molar-refractivity contribution in [2.45, 2.75) is 32.2 Å². The second-order valence-electron chi connectivity index (χ2n) is 9.18. The third kappa shape index (κ3) is 6.27. The van der Waals surface area contributed by atoms with Crippen molar-refractivity contribution in [1.29, 1.82) is 0 Å². The highest BCUT2D eigenvalue weighted by molar-refractivity contribution is 9.10. The van der Waals surface area contributed by atoms with Gasteiger partial charge >= 0.3 is 0 Å². The van der Waals surface area contributed by atoms with Gasteiger partial charge in [0.2, 0.25) is 10.9 Å². The van der Waals surface area contributed by atoms with E-state index in [9.17, 15) is 17.6 Å². The Hall–Kier alpha value is -3.38. The van der Waals surface area contributed by atoms with Gasteiger partial charge in [-0.15, -0.1) is 0 Å². The molecule has 0 radical (unpaired) electrons. The van der Waals surface area contributed by atoms with Crippen molar-refractivity contribution in [2.75, 3.05) is 6.54 Å². The second-order valence-corrected chi connectivity index (χ2v) is 10.9. The molecule has 1 aliphatic rings. The van der Waals surface area contributed by atoms with Crippen molar-refractivity contribution >= 4 is 32.7 Å². The van der Waals surface area contributed by atoms with Crippen LogP contribution in [0.1, 0.15) is 29.8 Å². The van der Waals surface area contributed by atoms with Gasteiger partial charge in [-0.1, -0.05) is 40.2 Å². The number of nitrogens with one attached hydrogen (secondary N) is 1. The Morgan fingerprint density at radius 1 is 1.00 bits per heavy atom. The topological polar surface area (TPSA) is 93.5 Å². The van der Waals surface area contributed by atoms with Crippen molar-refractivity contribution in [3.8, 4) is 16.9 Å². The average molecular weight is 614 g/mol. The first-order valence-corrected chi connectivity index (χ1v) is 14.3. The Balaban J connectivity index is 1.44. The lowest BCUT2D eigenvalue weighted by atomic mass is 10.1. The van der Waals surface area contributed by atoms with Crippen LogP contribution in [0, 0.1) is 5.82 Å². The fourth-order valence-electron chi connectivity index (χ4n) is 4.50. The Morgan fingerprint density at radius 2 is 1.67 bits per heavy atom. The molecule has 1 aliphatic heterocycles. The molecule has 5 rings (SSSR count). The summed E-state index contributed by atoms with van der Waals surface area (Å²) in [5.74, 6) is -0.472. The summed E-state index contributed by atoms with van der Waals surface area (Å²) >= 11 is 3.45. The maximum absolute atomic E-state index is 13.7. The number of hydrogen-bond acceptors (Lipinski definition) is 5. The number of amides is 1. The number of hydrogen-bond donors (Lipinski definition) is 2. The SMILES string of the molecule is C[C@H]1O[C@@H](c2cn(-c3ccc(Br)cc3)nc2-c2ccc(F)cc2)N(CCc2ccc(CN[SH](=O)=O)cc2)C1=O. The molecule has 1 N–H and O–H groups in total. The van der Waals surface area contributed by atoms with Crippen molar-refractivity contribution in [3.05, 3.63) is 106 Å². The predicted octanol–water partition coefficient (Wildman–Crippen LogP) is 4.55. The van der Waals surface area contributed by atoms with Crippen molar-refractivity contribution in [1.82, 2.24) is 19.4 Å². The summed E-state index contributed by atoms with van der Waals surface area (Å²) in [4.78, 5) is 14.9. The zero-order valence-electron chi connectivity index (χ0n) is 21.0. The zero-order chi connectivity index (χ0) is 27.5. The molecule has 2 heterocycles. The van der Waals surface area contributed by atoms with Crippen LogP contribution >= 0.6 is 15.9 Å². The molecule has 1 amide bonds. The van der Waals surface area contributed by atoms with Crippen LogP contribution in [0.4, 0.5) is 4.39 Å². The minimum atomic E-state index is -2.65. The fourth-order valence-corrected chi connectivity index (χ4v) is 5.07. The van der Waals surface area contributed by atoms with E-state index < -0.39 is 23.2 Å². The quantitative estimate of drug-likeness (QED) is 0.271. The molecule has 3 aromatic carbocycles. The number of benzene rings is 3. The summed E-state index contributed by atoms with van der Waals surface area (Å²) in [5, 5.41) is 4.81. The maximum atomic E-state index is 13.7. The lowest BCUT2D eigenvalue weighted by molar-refractivity contribution is -0.130. The molecule has 0 unspecified atom stereocenters. The highest BCUT2D eigenvalue weighted by atomic mass is 79.9. The van der Waals surface area contributed by atoms with Crippen LogP contribution < -0.4 is 4.72 Å². The van der Waals surface area contributed by atoms with Crippen LogP contribution in [0.5, 0.6) is 0 Å². The largest absolute Gasteiger partial charge is 0.341 e. The van der Waals surface area contributed by atoms with Gasteiger partial charge in [0.25, 0.3) is 5.91 Å². The van der Waals surface area contributed by atoms with E-state index in [0.29, 0.717) is 29.8 Å². The van der Waals surface area contributed by atoms with E-state index in [1.165, 1.54) is 12.1 Å². The summed E-state index contributed by atoms with van der Waals surface area (Å²) in [5.41, 5.74) is 4.68. The fraction of sp³-hybridized carbons (Fsp3) is 0.214. The predicted molar refractivity (Wildman–Crippen MR) is 149 cm³/mol. The molecule has 0 aliphatic carbocycles. The Labute approximate surface area is 235 Å². The summed E-state index contributed by atoms with van der Waals surface area (Å²) in [6.07, 6.45) is 1.13. The number of rotatable bonds is 9. The standard InChI is InChI=1S/C28H26BrFN4O4S/c1-18-27(35)33(15-14-19-2-4-20(5-3-19)16-31-39(36)37)28(38-18)25-17-34(24-12-8-22(29)9-13-24)32-26(25)21-6-10-23(30)11-7-21/h2-13,17-18,28,39H,14-16H2,1H3,(H,31,36,37)/t18-,28+/m1/s1. The average Bonchev–Trinajstić information content (AvgIpc) is 3.49. The zero-order valence-corrected chi connectivity index (χ0v) is 23.4. The minimum absolute atomic E-state index is 0.124. The van der Waals surface area contributed by atoms with Gasteiger partial charge in [0.15, 0.2) is 6.23 Å². The lowest BCUT2D eigenvalue weighted by Crippen LogP contribution is -2.32. The molecule has 1 fully saturated rings. The molecule has 1 saturated heterocycles. The summed E-state index contributed by atoms with van der Waals surface area (Å²) in [6.45, 7) is 2.37. The highest BCUT2D eigenvalue weighted by Gasteiger charge is 2.40. The van der Waals surface area contributed by atoms with Gasteiger partial charge in [-0.25, -0.2) is 22.2 Å². The minimum Gasteiger partial charge on any atom is -0.341 e.